The Morgan fingerprint density at radius 3 is 2.47 bits per heavy atom. The van der Waals surface area contributed by atoms with Crippen molar-refractivity contribution in [2.24, 2.45) is 5.73 Å². The summed E-state index contributed by atoms with van der Waals surface area (Å²) in [7, 11) is 1.68. The van der Waals surface area contributed by atoms with Gasteiger partial charge < -0.3 is 20.5 Å². The van der Waals surface area contributed by atoms with Crippen LogP contribution in [0.1, 0.15) is 38.5 Å². The third-order valence-corrected chi connectivity index (χ3v) is 3.84. The van der Waals surface area contributed by atoms with Gasteiger partial charge in [-0.1, -0.05) is 19.3 Å². The average Bonchev–Trinajstić information content (AvgIpc) is 2.38. The molecule has 1 amide bonds. The third kappa shape index (κ3) is 4.47. The van der Waals surface area contributed by atoms with Gasteiger partial charge in [-0.2, -0.15) is 0 Å². The molecule has 1 fully saturated rings. The molecule has 0 aliphatic heterocycles. The second-order valence-electron chi connectivity index (χ2n) is 5.15. The lowest BCUT2D eigenvalue weighted by Crippen LogP contribution is -2.53. The minimum Gasteiger partial charge on any atom is -0.481 e. The van der Waals surface area contributed by atoms with Crippen molar-refractivity contribution in [3.8, 4) is 0 Å². The molecule has 6 nitrogen and oxygen atoms in total. The Bertz CT molecular complexity index is 314. The number of carbonyl (C=O) groups excluding carboxylic acids is 1. The predicted molar refractivity (Wildman–Crippen MR) is 70.7 cm³/mol. The van der Waals surface area contributed by atoms with Crippen LogP contribution >= 0.6 is 0 Å². The van der Waals surface area contributed by atoms with Crippen molar-refractivity contribution in [1.82, 2.24) is 4.90 Å². The Kier molecular flexibility index (Phi) is 6.24. The minimum atomic E-state index is -0.857. The fourth-order valence-electron chi connectivity index (χ4n) is 2.73. The molecular weight excluding hydrogens is 248 g/mol. The van der Waals surface area contributed by atoms with Crippen LogP contribution in [0.3, 0.4) is 0 Å². The molecule has 1 aliphatic carbocycles. The largest absolute Gasteiger partial charge is 0.481 e. The molecule has 0 atom stereocenters. The van der Waals surface area contributed by atoms with Crippen LogP contribution in [-0.4, -0.2) is 54.2 Å². The quantitative estimate of drug-likeness (QED) is 0.662. The molecule has 0 bridgehead atoms. The first-order valence-corrected chi connectivity index (χ1v) is 6.78. The summed E-state index contributed by atoms with van der Waals surface area (Å²) in [5.41, 5.74) is 4.75. The number of likely N-dealkylation sites (N-methyl/N-ethyl adjacent to an activating group) is 1. The van der Waals surface area contributed by atoms with Crippen LogP contribution < -0.4 is 5.73 Å². The molecule has 0 aromatic carbocycles. The molecule has 0 unspecified atom stereocenters. The summed E-state index contributed by atoms with van der Waals surface area (Å²) < 4.78 is 5.14. The van der Waals surface area contributed by atoms with E-state index in [-0.39, 0.29) is 18.9 Å². The number of carboxylic acid groups (broad SMARTS) is 1. The summed E-state index contributed by atoms with van der Waals surface area (Å²) in [5.74, 6) is -1.03. The van der Waals surface area contributed by atoms with E-state index in [1.807, 2.05) is 0 Å². The first-order chi connectivity index (χ1) is 9.02. The first kappa shape index (κ1) is 15.9. The molecule has 3 N–H and O–H groups in total. The number of aliphatic carboxylic acids is 1. The summed E-state index contributed by atoms with van der Waals surface area (Å²) in [4.78, 5) is 24.7. The molecule has 1 aliphatic rings. The van der Waals surface area contributed by atoms with Crippen molar-refractivity contribution < 1.29 is 19.4 Å². The molecule has 1 rings (SSSR count). The lowest BCUT2D eigenvalue weighted by molar-refractivity contribution is -0.148. The second kappa shape index (κ2) is 7.45. The summed E-state index contributed by atoms with van der Waals surface area (Å²) >= 11 is 0. The number of ether oxygens (including phenoxy) is 1. The van der Waals surface area contributed by atoms with Gasteiger partial charge in [-0.3, -0.25) is 9.59 Å². The number of hydrogen-bond acceptors (Lipinski definition) is 4. The van der Waals surface area contributed by atoms with Crippen LogP contribution in [0.15, 0.2) is 0 Å². The van der Waals surface area contributed by atoms with Crippen LogP contribution in [0, 0.1) is 0 Å². The molecule has 0 spiro atoms. The summed E-state index contributed by atoms with van der Waals surface area (Å²) in [6.07, 6.45) is 4.54. The topological polar surface area (TPSA) is 92.9 Å². The van der Waals surface area contributed by atoms with Crippen LogP contribution in [0.2, 0.25) is 0 Å². The second-order valence-corrected chi connectivity index (χ2v) is 5.15. The molecule has 0 radical (unpaired) electrons. The molecule has 0 aromatic rings. The van der Waals surface area contributed by atoms with Gasteiger partial charge in [-0.05, 0) is 12.8 Å². The molecule has 110 valence electrons. The zero-order valence-corrected chi connectivity index (χ0v) is 11.6. The fourth-order valence-corrected chi connectivity index (χ4v) is 2.73. The SMILES string of the molecule is CN(C(=O)COCCN)C1(CC(=O)O)CCCCC1. The van der Waals surface area contributed by atoms with Crippen molar-refractivity contribution in [2.75, 3.05) is 26.8 Å². The average molecular weight is 272 g/mol. The highest BCUT2D eigenvalue weighted by Crippen LogP contribution is 2.35. The van der Waals surface area contributed by atoms with Gasteiger partial charge in [-0.15, -0.1) is 0 Å². The van der Waals surface area contributed by atoms with Crippen molar-refractivity contribution in [1.29, 1.82) is 0 Å². The van der Waals surface area contributed by atoms with E-state index in [9.17, 15) is 9.59 Å². The third-order valence-electron chi connectivity index (χ3n) is 3.84. The number of nitrogens with two attached hydrogens (primary N) is 1. The van der Waals surface area contributed by atoms with Crippen LogP contribution in [0.5, 0.6) is 0 Å². The monoisotopic (exact) mass is 272 g/mol. The van der Waals surface area contributed by atoms with Crippen molar-refractivity contribution >= 4 is 11.9 Å². The van der Waals surface area contributed by atoms with E-state index in [4.69, 9.17) is 15.6 Å². The zero-order valence-electron chi connectivity index (χ0n) is 11.6. The maximum Gasteiger partial charge on any atom is 0.305 e. The molecule has 1 saturated carbocycles. The Balaban J connectivity index is 2.67. The molecule has 19 heavy (non-hydrogen) atoms. The lowest BCUT2D eigenvalue weighted by atomic mass is 9.78. The van der Waals surface area contributed by atoms with Gasteiger partial charge in [0, 0.05) is 13.6 Å². The number of nitrogens with zero attached hydrogens (tertiary/aromatic N) is 1. The molecular formula is C13H24N2O4. The van der Waals surface area contributed by atoms with Gasteiger partial charge in [0.05, 0.1) is 18.6 Å². The standard InChI is InChI=1S/C13H24N2O4/c1-15(11(16)10-19-8-7-14)13(9-12(17)18)5-3-2-4-6-13/h2-10,14H2,1H3,(H,17,18). The molecule has 0 heterocycles. The van der Waals surface area contributed by atoms with E-state index >= 15 is 0 Å². The van der Waals surface area contributed by atoms with Crippen LogP contribution in [-0.2, 0) is 14.3 Å². The number of carbonyl (C=O) groups is 2. The summed E-state index contributed by atoms with van der Waals surface area (Å²) in [6.45, 7) is 0.678. The highest BCUT2D eigenvalue weighted by atomic mass is 16.5. The maximum absolute atomic E-state index is 12.1. The van der Waals surface area contributed by atoms with E-state index in [0.29, 0.717) is 13.2 Å². The highest BCUT2D eigenvalue weighted by Gasteiger charge is 2.40. The Morgan fingerprint density at radius 1 is 1.32 bits per heavy atom. The van der Waals surface area contributed by atoms with Gasteiger partial charge >= 0.3 is 5.97 Å². The van der Waals surface area contributed by atoms with E-state index in [1.54, 1.807) is 11.9 Å². The van der Waals surface area contributed by atoms with E-state index in [0.717, 1.165) is 32.1 Å². The van der Waals surface area contributed by atoms with Crippen LogP contribution in [0.4, 0.5) is 0 Å². The zero-order chi connectivity index (χ0) is 14.3. The predicted octanol–water partition coefficient (Wildman–Crippen LogP) is 0.598. The maximum atomic E-state index is 12.1. The van der Waals surface area contributed by atoms with E-state index in [1.165, 1.54) is 0 Å². The molecule has 0 saturated heterocycles. The van der Waals surface area contributed by atoms with Gasteiger partial charge in [0.25, 0.3) is 0 Å². The van der Waals surface area contributed by atoms with Gasteiger partial charge in [0.15, 0.2) is 0 Å². The number of rotatable bonds is 7. The molecule has 0 aromatic heterocycles. The number of hydrogen-bond donors (Lipinski definition) is 2. The Hall–Kier alpha value is -1.14. The van der Waals surface area contributed by atoms with E-state index in [2.05, 4.69) is 0 Å². The minimum absolute atomic E-state index is 0.00608. The van der Waals surface area contributed by atoms with Crippen molar-refractivity contribution in [2.45, 2.75) is 44.1 Å². The Labute approximate surface area is 113 Å². The van der Waals surface area contributed by atoms with Crippen molar-refractivity contribution in [3.63, 3.8) is 0 Å². The van der Waals surface area contributed by atoms with Crippen LogP contribution in [0.25, 0.3) is 0 Å². The smallest absolute Gasteiger partial charge is 0.305 e. The summed E-state index contributed by atoms with van der Waals surface area (Å²) in [6, 6.07) is 0. The highest BCUT2D eigenvalue weighted by molar-refractivity contribution is 5.79. The molecule has 6 heteroatoms. The van der Waals surface area contributed by atoms with Gasteiger partial charge in [0.2, 0.25) is 5.91 Å². The van der Waals surface area contributed by atoms with Crippen molar-refractivity contribution in [3.05, 3.63) is 0 Å². The van der Waals surface area contributed by atoms with Gasteiger partial charge in [0.1, 0.15) is 6.61 Å². The first-order valence-electron chi connectivity index (χ1n) is 6.78. The van der Waals surface area contributed by atoms with Gasteiger partial charge in [-0.25, -0.2) is 0 Å². The normalized spacial score (nSPS) is 18.0. The number of amides is 1. The Morgan fingerprint density at radius 2 is 1.95 bits per heavy atom. The fraction of sp³-hybridized carbons (Fsp3) is 0.846. The number of carboxylic acids is 1. The van der Waals surface area contributed by atoms with E-state index < -0.39 is 11.5 Å². The summed E-state index contributed by atoms with van der Waals surface area (Å²) in [5, 5.41) is 9.09. The lowest BCUT2D eigenvalue weighted by Gasteiger charge is -2.43.